The molecule has 0 radical (unpaired) electrons. The Morgan fingerprint density at radius 2 is 1.83 bits per heavy atom. The highest BCUT2D eigenvalue weighted by Gasteiger charge is 2.36. The quantitative estimate of drug-likeness (QED) is 0.713. The molecule has 0 bridgehead atoms. The fourth-order valence-electron chi connectivity index (χ4n) is 0.718. The molecule has 0 amide bonds. The zero-order valence-electron chi connectivity index (χ0n) is 6.30. The Kier molecular flexibility index (Phi) is 3.52. The van der Waals surface area contributed by atoms with E-state index in [1.165, 1.54) is 6.92 Å². The number of halogens is 3. The molecule has 7 heteroatoms. The summed E-state index contributed by atoms with van der Waals surface area (Å²) in [4.78, 5) is 0. The van der Waals surface area contributed by atoms with Gasteiger partial charge >= 0.3 is 6.18 Å². The Morgan fingerprint density at radius 3 is 1.92 bits per heavy atom. The van der Waals surface area contributed by atoms with Gasteiger partial charge in [0.1, 0.15) is 0 Å². The van der Waals surface area contributed by atoms with Crippen LogP contribution in [0.4, 0.5) is 13.2 Å². The number of rotatable bonds is 3. The molecule has 0 aromatic rings. The van der Waals surface area contributed by atoms with Crippen LogP contribution in [-0.4, -0.2) is 24.4 Å². The molecule has 0 saturated heterocycles. The Morgan fingerprint density at radius 1 is 1.42 bits per heavy atom. The molecule has 12 heavy (non-hydrogen) atoms. The lowest BCUT2D eigenvalue weighted by Crippen LogP contribution is -2.26. The minimum atomic E-state index is -4.57. The van der Waals surface area contributed by atoms with Crippen molar-refractivity contribution >= 4 is 10.1 Å². The fraction of sp³-hybridized carbons (Fsp3) is 1.00. The third-order valence-corrected chi connectivity index (χ3v) is 2.68. The maximum absolute atomic E-state index is 11.6. The fourth-order valence-corrected chi connectivity index (χ4v) is 1.54. The zero-order chi connectivity index (χ0) is 9.99. The van der Waals surface area contributed by atoms with Crippen molar-refractivity contribution < 1.29 is 26.1 Å². The molecular weight excluding hydrogens is 197 g/mol. The predicted molar refractivity (Wildman–Crippen MR) is 36.3 cm³/mol. The summed E-state index contributed by atoms with van der Waals surface area (Å²) in [6.07, 6.45) is -6.31. The molecule has 0 rings (SSSR count). The van der Waals surface area contributed by atoms with Crippen molar-refractivity contribution in [1.29, 1.82) is 0 Å². The Balaban J connectivity index is 4.41. The van der Waals surface area contributed by atoms with Crippen LogP contribution in [0.3, 0.4) is 0 Å². The van der Waals surface area contributed by atoms with Crippen LogP contribution in [0.5, 0.6) is 0 Å². The van der Waals surface area contributed by atoms with Crippen LogP contribution in [-0.2, 0) is 10.1 Å². The second-order valence-corrected chi connectivity index (χ2v) is 4.06. The van der Waals surface area contributed by atoms with Crippen LogP contribution in [0.25, 0.3) is 0 Å². The van der Waals surface area contributed by atoms with E-state index in [1.54, 1.807) is 0 Å². The molecule has 0 spiro atoms. The van der Waals surface area contributed by atoms with E-state index in [0.717, 1.165) is 0 Å². The van der Waals surface area contributed by atoms with Gasteiger partial charge in [0, 0.05) is 0 Å². The summed E-state index contributed by atoms with van der Waals surface area (Å²) < 4.78 is 63.8. The molecule has 0 aliphatic carbocycles. The highest BCUT2D eigenvalue weighted by atomic mass is 32.2. The van der Waals surface area contributed by atoms with Gasteiger partial charge in [-0.3, -0.25) is 4.55 Å². The number of alkyl halides is 3. The van der Waals surface area contributed by atoms with Crippen molar-refractivity contribution in [3.63, 3.8) is 0 Å². The molecule has 0 fully saturated rings. The minimum Gasteiger partial charge on any atom is -0.285 e. The van der Waals surface area contributed by atoms with Gasteiger partial charge in [0.25, 0.3) is 10.1 Å². The summed E-state index contributed by atoms with van der Waals surface area (Å²) in [5.41, 5.74) is 0. The summed E-state index contributed by atoms with van der Waals surface area (Å²) in [5, 5.41) is -1.74. The van der Waals surface area contributed by atoms with Crippen LogP contribution in [0.1, 0.15) is 19.8 Å². The number of hydrogen-bond donors (Lipinski definition) is 1. The van der Waals surface area contributed by atoms with Gasteiger partial charge in [0.2, 0.25) is 0 Å². The number of hydrogen-bond acceptors (Lipinski definition) is 2. The van der Waals surface area contributed by atoms with Gasteiger partial charge in [-0.05, 0) is 6.42 Å². The van der Waals surface area contributed by atoms with Gasteiger partial charge in [-0.25, -0.2) is 0 Å². The standard InChI is InChI=1S/C5H9F3O3S/c1-2-4(12(9,10)11)3-5(6,7)8/h4H,2-3H2,1H3,(H,9,10,11). The van der Waals surface area contributed by atoms with E-state index in [2.05, 4.69) is 0 Å². The first-order chi connectivity index (χ1) is 5.17. The summed E-state index contributed by atoms with van der Waals surface area (Å²) >= 11 is 0. The first-order valence-corrected chi connectivity index (χ1v) is 4.70. The lowest BCUT2D eigenvalue weighted by atomic mass is 10.2. The SMILES string of the molecule is CCC(CC(F)(F)F)S(=O)(=O)O. The average Bonchev–Trinajstić information content (AvgIpc) is 1.78. The first-order valence-electron chi connectivity index (χ1n) is 3.20. The summed E-state index contributed by atoms with van der Waals surface area (Å²) in [5.74, 6) is 0. The predicted octanol–water partition coefficient (Wildman–Crippen LogP) is 1.61. The van der Waals surface area contributed by atoms with Crippen LogP contribution in [0, 0.1) is 0 Å². The van der Waals surface area contributed by atoms with Crippen molar-refractivity contribution in [1.82, 2.24) is 0 Å². The van der Waals surface area contributed by atoms with Crippen molar-refractivity contribution in [2.24, 2.45) is 0 Å². The van der Waals surface area contributed by atoms with Crippen LogP contribution >= 0.6 is 0 Å². The first kappa shape index (κ1) is 11.7. The van der Waals surface area contributed by atoms with Crippen LogP contribution in [0.15, 0.2) is 0 Å². The molecule has 0 aliphatic heterocycles. The van der Waals surface area contributed by atoms with Gasteiger partial charge in [0.05, 0.1) is 11.7 Å². The third kappa shape index (κ3) is 4.55. The van der Waals surface area contributed by atoms with Crippen molar-refractivity contribution in [2.75, 3.05) is 0 Å². The summed E-state index contributed by atoms with van der Waals surface area (Å²) in [6.45, 7) is 1.27. The topological polar surface area (TPSA) is 54.4 Å². The van der Waals surface area contributed by atoms with Gasteiger partial charge in [0.15, 0.2) is 0 Å². The smallest absolute Gasteiger partial charge is 0.285 e. The van der Waals surface area contributed by atoms with E-state index < -0.39 is 28.0 Å². The molecule has 0 aromatic heterocycles. The average molecular weight is 206 g/mol. The van der Waals surface area contributed by atoms with E-state index >= 15 is 0 Å². The summed E-state index contributed by atoms with van der Waals surface area (Å²) in [6, 6.07) is 0. The van der Waals surface area contributed by atoms with Gasteiger partial charge in [-0.2, -0.15) is 21.6 Å². The van der Waals surface area contributed by atoms with E-state index in [-0.39, 0.29) is 6.42 Å². The van der Waals surface area contributed by atoms with Crippen molar-refractivity contribution in [3.05, 3.63) is 0 Å². The monoisotopic (exact) mass is 206 g/mol. The largest absolute Gasteiger partial charge is 0.390 e. The zero-order valence-corrected chi connectivity index (χ0v) is 7.11. The maximum atomic E-state index is 11.6. The molecule has 1 N–H and O–H groups in total. The Bertz CT molecular complexity index is 231. The normalized spacial score (nSPS) is 16.1. The highest BCUT2D eigenvalue weighted by molar-refractivity contribution is 7.86. The molecule has 74 valence electrons. The van der Waals surface area contributed by atoms with E-state index in [1.807, 2.05) is 0 Å². The molecule has 3 nitrogen and oxygen atoms in total. The van der Waals surface area contributed by atoms with Gasteiger partial charge < -0.3 is 0 Å². The maximum Gasteiger partial charge on any atom is 0.390 e. The van der Waals surface area contributed by atoms with Gasteiger partial charge in [-0.1, -0.05) is 6.92 Å². The van der Waals surface area contributed by atoms with E-state index in [4.69, 9.17) is 4.55 Å². The van der Waals surface area contributed by atoms with E-state index in [9.17, 15) is 21.6 Å². The van der Waals surface area contributed by atoms with Crippen LogP contribution in [0.2, 0.25) is 0 Å². The molecule has 0 aromatic carbocycles. The Labute approximate surface area is 68.3 Å². The van der Waals surface area contributed by atoms with Crippen molar-refractivity contribution in [2.45, 2.75) is 31.2 Å². The van der Waals surface area contributed by atoms with E-state index in [0.29, 0.717) is 0 Å². The lowest BCUT2D eigenvalue weighted by molar-refractivity contribution is -0.135. The second-order valence-electron chi connectivity index (χ2n) is 2.36. The molecule has 0 aliphatic rings. The molecule has 0 heterocycles. The van der Waals surface area contributed by atoms with Crippen molar-refractivity contribution in [3.8, 4) is 0 Å². The lowest BCUT2D eigenvalue weighted by Gasteiger charge is -2.13. The second kappa shape index (κ2) is 3.61. The minimum absolute atomic E-state index is 0.252. The Hall–Kier alpha value is -0.300. The molecule has 1 atom stereocenters. The van der Waals surface area contributed by atoms with Crippen LogP contribution < -0.4 is 0 Å². The van der Waals surface area contributed by atoms with Gasteiger partial charge in [-0.15, -0.1) is 0 Å². The highest BCUT2D eigenvalue weighted by Crippen LogP contribution is 2.25. The molecule has 0 saturated carbocycles. The molecule has 1 unspecified atom stereocenters. The summed E-state index contributed by atoms with van der Waals surface area (Å²) in [7, 11) is -4.57. The third-order valence-electron chi connectivity index (χ3n) is 1.34. The molecular formula is C5H9F3O3S.